The highest BCUT2D eigenvalue weighted by molar-refractivity contribution is 7.09. The number of nitrogens with zero attached hydrogens (tertiary/aromatic N) is 5. The number of hydrogen-bond donors (Lipinski definition) is 0. The SMILES string of the molecule is c1csc(Cn2nnnc2COCc2ccncc2)c1. The quantitative estimate of drug-likeness (QED) is 0.692. The molecule has 0 radical (unpaired) electrons. The lowest BCUT2D eigenvalue weighted by Crippen LogP contribution is -2.08. The van der Waals surface area contributed by atoms with E-state index in [0.717, 1.165) is 11.4 Å². The average Bonchev–Trinajstić information content (AvgIpc) is 3.13. The number of hydrogen-bond acceptors (Lipinski definition) is 6. The summed E-state index contributed by atoms with van der Waals surface area (Å²) in [6.07, 6.45) is 3.50. The third-order valence-electron chi connectivity index (χ3n) is 2.74. The molecular weight excluding hydrogens is 274 g/mol. The normalized spacial score (nSPS) is 10.8. The zero-order valence-electron chi connectivity index (χ0n) is 10.7. The zero-order valence-corrected chi connectivity index (χ0v) is 11.5. The molecule has 0 spiro atoms. The summed E-state index contributed by atoms with van der Waals surface area (Å²) >= 11 is 1.69. The van der Waals surface area contributed by atoms with E-state index >= 15 is 0 Å². The molecule has 3 aromatic rings. The summed E-state index contributed by atoms with van der Waals surface area (Å²) in [6.45, 7) is 1.59. The van der Waals surface area contributed by atoms with E-state index in [4.69, 9.17) is 4.74 Å². The molecule has 0 aliphatic rings. The summed E-state index contributed by atoms with van der Waals surface area (Å²) in [4.78, 5) is 5.18. The monoisotopic (exact) mass is 287 g/mol. The number of aromatic nitrogens is 5. The van der Waals surface area contributed by atoms with Gasteiger partial charge in [-0.05, 0) is 39.6 Å². The van der Waals surface area contributed by atoms with Crippen LogP contribution in [0.3, 0.4) is 0 Å². The van der Waals surface area contributed by atoms with Gasteiger partial charge in [0.05, 0.1) is 13.2 Å². The Hall–Kier alpha value is -2.12. The van der Waals surface area contributed by atoms with Crippen molar-refractivity contribution in [2.75, 3.05) is 0 Å². The lowest BCUT2D eigenvalue weighted by atomic mass is 10.3. The van der Waals surface area contributed by atoms with Crippen molar-refractivity contribution in [1.82, 2.24) is 25.2 Å². The van der Waals surface area contributed by atoms with Crippen LogP contribution < -0.4 is 0 Å². The van der Waals surface area contributed by atoms with Crippen LogP contribution in [-0.2, 0) is 24.5 Å². The van der Waals surface area contributed by atoms with Gasteiger partial charge in [0.15, 0.2) is 5.82 Å². The van der Waals surface area contributed by atoms with Crippen LogP contribution in [0, 0.1) is 0 Å². The van der Waals surface area contributed by atoms with Crippen molar-refractivity contribution in [3.05, 3.63) is 58.3 Å². The Labute approximate surface area is 120 Å². The first-order valence-electron chi connectivity index (χ1n) is 6.16. The lowest BCUT2D eigenvalue weighted by Gasteiger charge is -2.05. The van der Waals surface area contributed by atoms with E-state index in [1.54, 1.807) is 28.4 Å². The summed E-state index contributed by atoms with van der Waals surface area (Å²) in [6, 6.07) is 7.93. The van der Waals surface area contributed by atoms with E-state index in [1.807, 2.05) is 23.6 Å². The molecule has 0 unspecified atom stereocenters. The number of rotatable bonds is 6. The van der Waals surface area contributed by atoms with Crippen molar-refractivity contribution in [3.8, 4) is 0 Å². The first kappa shape index (κ1) is 12.9. The second-order valence-corrected chi connectivity index (χ2v) is 5.21. The standard InChI is InChI=1S/C13H13N5OS/c1-2-12(20-7-1)8-18-13(15-16-17-18)10-19-9-11-3-5-14-6-4-11/h1-7H,8-10H2. The van der Waals surface area contributed by atoms with Gasteiger partial charge in [-0.1, -0.05) is 6.07 Å². The molecule has 0 atom stereocenters. The minimum atomic E-state index is 0.390. The molecular formula is C13H13N5OS. The first-order valence-corrected chi connectivity index (χ1v) is 7.04. The fraction of sp³-hybridized carbons (Fsp3) is 0.231. The highest BCUT2D eigenvalue weighted by atomic mass is 32.1. The van der Waals surface area contributed by atoms with Crippen LogP contribution in [-0.4, -0.2) is 25.2 Å². The molecule has 0 fully saturated rings. The Kier molecular flexibility index (Phi) is 4.10. The van der Waals surface area contributed by atoms with Gasteiger partial charge in [0.1, 0.15) is 6.61 Å². The van der Waals surface area contributed by atoms with Crippen LogP contribution >= 0.6 is 11.3 Å². The van der Waals surface area contributed by atoms with Gasteiger partial charge in [0, 0.05) is 17.3 Å². The van der Waals surface area contributed by atoms with Crippen molar-refractivity contribution in [1.29, 1.82) is 0 Å². The topological polar surface area (TPSA) is 65.7 Å². The van der Waals surface area contributed by atoms with E-state index < -0.39 is 0 Å². The van der Waals surface area contributed by atoms with Crippen LogP contribution in [0.2, 0.25) is 0 Å². The van der Waals surface area contributed by atoms with Gasteiger partial charge < -0.3 is 4.74 Å². The van der Waals surface area contributed by atoms with Gasteiger partial charge in [-0.2, -0.15) is 0 Å². The molecule has 0 amide bonds. The van der Waals surface area contributed by atoms with Crippen molar-refractivity contribution < 1.29 is 4.74 Å². The van der Waals surface area contributed by atoms with Crippen molar-refractivity contribution in [2.45, 2.75) is 19.8 Å². The van der Waals surface area contributed by atoms with Gasteiger partial charge in [-0.3, -0.25) is 4.98 Å². The minimum Gasteiger partial charge on any atom is -0.369 e. The zero-order chi connectivity index (χ0) is 13.6. The van der Waals surface area contributed by atoms with Crippen LogP contribution in [0.15, 0.2) is 42.0 Å². The maximum Gasteiger partial charge on any atom is 0.177 e. The summed E-state index contributed by atoms with van der Waals surface area (Å²) in [5.41, 5.74) is 1.08. The molecule has 7 heteroatoms. The van der Waals surface area contributed by atoms with E-state index in [9.17, 15) is 0 Å². The maximum atomic E-state index is 5.64. The van der Waals surface area contributed by atoms with Crippen LogP contribution in [0.5, 0.6) is 0 Å². The van der Waals surface area contributed by atoms with Crippen molar-refractivity contribution >= 4 is 11.3 Å². The maximum absolute atomic E-state index is 5.64. The van der Waals surface area contributed by atoms with Crippen LogP contribution in [0.1, 0.15) is 16.3 Å². The molecule has 3 heterocycles. The molecule has 102 valence electrons. The lowest BCUT2D eigenvalue weighted by molar-refractivity contribution is 0.0987. The number of tetrazole rings is 1. The molecule has 3 rings (SSSR count). The third-order valence-corrected chi connectivity index (χ3v) is 3.60. The molecule has 0 saturated carbocycles. The summed E-state index contributed by atoms with van der Waals surface area (Å²) in [5.74, 6) is 0.729. The van der Waals surface area contributed by atoms with E-state index in [0.29, 0.717) is 19.8 Å². The predicted octanol–water partition coefficient (Wildman–Crippen LogP) is 1.89. The molecule has 0 aromatic carbocycles. The number of ether oxygens (including phenoxy) is 1. The Morgan fingerprint density at radius 2 is 2.05 bits per heavy atom. The second kappa shape index (κ2) is 6.36. The van der Waals surface area contributed by atoms with Gasteiger partial charge in [-0.25, -0.2) is 4.68 Å². The highest BCUT2D eigenvalue weighted by Crippen LogP contribution is 2.11. The van der Waals surface area contributed by atoms with Crippen LogP contribution in [0.25, 0.3) is 0 Å². The van der Waals surface area contributed by atoms with E-state index in [-0.39, 0.29) is 0 Å². The van der Waals surface area contributed by atoms with Crippen LogP contribution in [0.4, 0.5) is 0 Å². The van der Waals surface area contributed by atoms with Crippen molar-refractivity contribution in [3.63, 3.8) is 0 Å². The molecule has 0 bridgehead atoms. The molecule has 0 aliphatic heterocycles. The van der Waals surface area contributed by atoms with Crippen molar-refractivity contribution in [2.24, 2.45) is 0 Å². The third kappa shape index (κ3) is 3.25. The van der Waals surface area contributed by atoms with E-state index in [1.165, 1.54) is 4.88 Å². The largest absolute Gasteiger partial charge is 0.369 e. The van der Waals surface area contributed by atoms with Gasteiger partial charge in [0.2, 0.25) is 0 Å². The summed E-state index contributed by atoms with van der Waals surface area (Å²) in [7, 11) is 0. The minimum absolute atomic E-state index is 0.390. The average molecular weight is 287 g/mol. The molecule has 3 aromatic heterocycles. The van der Waals surface area contributed by atoms with E-state index in [2.05, 4.69) is 26.6 Å². The summed E-state index contributed by atoms with van der Waals surface area (Å²) in [5, 5.41) is 13.7. The van der Waals surface area contributed by atoms with Gasteiger partial charge in [0.25, 0.3) is 0 Å². The Balaban J connectivity index is 1.57. The smallest absolute Gasteiger partial charge is 0.177 e. The Morgan fingerprint density at radius 3 is 2.85 bits per heavy atom. The molecule has 20 heavy (non-hydrogen) atoms. The first-order chi connectivity index (χ1) is 9.92. The molecule has 6 nitrogen and oxygen atoms in total. The predicted molar refractivity (Wildman–Crippen MR) is 74.0 cm³/mol. The van der Waals surface area contributed by atoms with Gasteiger partial charge in [-0.15, -0.1) is 16.4 Å². The Bertz CT molecular complexity index is 638. The fourth-order valence-electron chi connectivity index (χ4n) is 1.74. The fourth-order valence-corrected chi connectivity index (χ4v) is 2.42. The van der Waals surface area contributed by atoms with Gasteiger partial charge >= 0.3 is 0 Å². The molecule has 0 saturated heterocycles. The number of thiophene rings is 1. The second-order valence-electron chi connectivity index (χ2n) is 4.18. The molecule has 0 N–H and O–H groups in total. The number of pyridine rings is 1. The molecule has 0 aliphatic carbocycles. The highest BCUT2D eigenvalue weighted by Gasteiger charge is 2.07. The Morgan fingerprint density at radius 1 is 1.15 bits per heavy atom. The summed E-state index contributed by atoms with van der Waals surface area (Å²) < 4.78 is 7.40.